The van der Waals surface area contributed by atoms with Crippen molar-refractivity contribution in [2.75, 3.05) is 24.6 Å². The van der Waals surface area contributed by atoms with E-state index >= 15 is 0 Å². The van der Waals surface area contributed by atoms with Crippen LogP contribution < -0.4 is 97.8 Å². The van der Waals surface area contributed by atoms with Crippen LogP contribution in [-0.4, -0.2) is 219 Å². The van der Waals surface area contributed by atoms with Crippen molar-refractivity contribution in [2.24, 2.45) is 52.3 Å². The van der Waals surface area contributed by atoms with Gasteiger partial charge in [-0.15, -0.1) is 0 Å². The molecule has 0 aromatic rings. The molecular weight excluding hydrogens is 1290 g/mol. The number of thiol groups is 2. The maximum atomic E-state index is 14.3. The van der Waals surface area contributed by atoms with Crippen molar-refractivity contribution < 1.29 is 82.4 Å². The largest absolute Gasteiger partial charge is 0.480 e. The van der Waals surface area contributed by atoms with Crippen LogP contribution in [0.1, 0.15) is 121 Å². The van der Waals surface area contributed by atoms with E-state index in [0.717, 1.165) is 6.92 Å². The average Bonchev–Trinajstić information content (AvgIpc) is 0.887. The zero-order valence-corrected chi connectivity index (χ0v) is 57.0. The molecule has 0 fully saturated rings. The Morgan fingerprint density at radius 2 is 0.705 bits per heavy atom. The Kier molecular flexibility index (Phi) is 39.8. The standard InChI is InChI=1S/C56H102N20O17S2/c1-11-26(8)38(59)49(87)74-40(25(6)7)51(89)76-42(28(10)78)52(90)67-29(14-12-16-64-55(60)61)43(81)71-34(21-94)47(85)68-31(18-23(2)3)45(83)69-32(19-36(57)79)46(84)66-30(15-13-17-65-56(62)63)44(82)73-39(24(4)5)50(88)72-35(22-95)48(86)75-41(27(9)77)53(91)70-33(54(92)93)20-37(58)80/h23-35,38-42,77-78,94-95H,11-22,59H2,1-10H3,(H2,57,79)(H2,58,80)(H,66,84)(H,67,90)(H,68,85)(H,69,83)(H,70,91)(H,71,81)(H,72,88)(H,73,82)(H,74,87)(H,75,86)(H,76,89)(H,92,93)(H4,60,61,64)(H4,62,63,65)/t26-,27+,28+,29-,30-,31-,32-,33-,34-,35-,38-,39-,40-,41-,42-/m0/s1. The first-order valence-electron chi connectivity index (χ1n) is 30.8. The second-order valence-corrected chi connectivity index (χ2v) is 24.6. The number of amides is 13. The fourth-order valence-corrected chi connectivity index (χ4v) is 9.28. The van der Waals surface area contributed by atoms with Gasteiger partial charge in [-0.05, 0) is 69.6 Å². The minimum absolute atomic E-state index is 0.00498. The van der Waals surface area contributed by atoms with Crippen LogP contribution in [-0.2, 0) is 67.1 Å². The highest BCUT2D eigenvalue weighted by Crippen LogP contribution is 2.13. The average molecular weight is 1390 g/mol. The molecule has 0 spiro atoms. The number of hydrogen-bond donors (Lipinski definition) is 25. The Balaban J connectivity index is 6.92. The minimum Gasteiger partial charge on any atom is -0.480 e. The molecule has 37 nitrogen and oxygen atoms in total. The normalized spacial score (nSPS) is 15.9. The molecule has 0 aliphatic heterocycles. The summed E-state index contributed by atoms with van der Waals surface area (Å²) >= 11 is 8.38. The third kappa shape index (κ3) is 32.6. The number of nitrogens with two attached hydrogens (primary N) is 5. The summed E-state index contributed by atoms with van der Waals surface area (Å²) in [7, 11) is 0. The number of aliphatic hydroxyl groups is 2. The van der Waals surface area contributed by atoms with Crippen LogP contribution in [0.15, 0.2) is 0 Å². The molecular formula is C56H102N20O17S2. The number of hydrogen-bond acceptors (Lipinski definition) is 21. The molecule has 0 radical (unpaired) electrons. The van der Waals surface area contributed by atoms with E-state index in [9.17, 15) is 82.4 Å². The molecule has 15 atom stereocenters. The number of aliphatic carboxylic acids is 1. The minimum atomic E-state index is -1.86. The predicted molar refractivity (Wildman–Crippen MR) is 352 cm³/mol. The van der Waals surface area contributed by atoms with Gasteiger partial charge in [0.25, 0.3) is 0 Å². The summed E-state index contributed by atoms with van der Waals surface area (Å²) in [6, 6.07) is -18.7. The van der Waals surface area contributed by atoms with E-state index in [1.165, 1.54) is 20.8 Å². The Hall–Kier alpha value is -8.30. The summed E-state index contributed by atoms with van der Waals surface area (Å²) in [6.07, 6.45) is -4.93. The first-order valence-corrected chi connectivity index (χ1v) is 32.0. The third-order valence-electron chi connectivity index (χ3n) is 14.4. The van der Waals surface area contributed by atoms with Crippen molar-refractivity contribution in [2.45, 2.75) is 205 Å². The lowest BCUT2D eigenvalue weighted by Gasteiger charge is -2.30. The quantitative estimate of drug-likeness (QED) is 0.0117. The van der Waals surface area contributed by atoms with Gasteiger partial charge in [-0.3, -0.25) is 73.1 Å². The fourth-order valence-electron chi connectivity index (χ4n) is 8.77. The van der Waals surface area contributed by atoms with Gasteiger partial charge >= 0.3 is 5.97 Å². The SMILES string of the molecule is CC[C@H](C)[C@H](N)C(=O)N[C@H](C(=O)N[C@H](C(=O)N[C@@H](CCCNC(=N)N)C(=O)N[C@@H](CS)C(=O)N[C@@H](CC(C)C)C(=O)N[C@@H](CC(N)=O)C(=O)N[C@@H](CCCNC(=N)N)C(=O)N[C@H](C(=O)N[C@@H](CS)C(=O)N[C@H](C(=O)N[C@@H](CC(N)=O)C(=O)O)[C@@H](C)O)C(C)C)[C@@H](C)O)C(C)C. The lowest BCUT2D eigenvalue weighted by molar-refractivity contribution is -0.144. The van der Waals surface area contributed by atoms with Crippen LogP contribution in [0.25, 0.3) is 0 Å². The monoisotopic (exact) mass is 1390 g/mol. The van der Waals surface area contributed by atoms with E-state index < -0.39 is 216 Å². The summed E-state index contributed by atoms with van der Waals surface area (Å²) in [5.74, 6) is -18.7. The van der Waals surface area contributed by atoms with Crippen LogP contribution in [0, 0.1) is 34.5 Å². The zero-order chi connectivity index (χ0) is 73.3. The van der Waals surface area contributed by atoms with Crippen molar-refractivity contribution in [1.82, 2.24) is 69.1 Å². The number of primary amides is 2. The Morgan fingerprint density at radius 3 is 1.09 bits per heavy atom. The molecule has 0 saturated carbocycles. The van der Waals surface area contributed by atoms with E-state index in [1.807, 2.05) is 12.2 Å². The maximum Gasteiger partial charge on any atom is 0.326 e. The van der Waals surface area contributed by atoms with Crippen molar-refractivity contribution in [3.8, 4) is 0 Å². The van der Waals surface area contributed by atoms with Crippen molar-refractivity contribution in [1.29, 1.82) is 10.8 Å². The van der Waals surface area contributed by atoms with E-state index in [1.54, 1.807) is 34.6 Å². The fraction of sp³-hybridized carbons (Fsp3) is 0.714. The molecule has 540 valence electrons. The number of carbonyl (C=O) groups is 14. The zero-order valence-electron chi connectivity index (χ0n) is 55.2. The number of aliphatic hydroxyl groups excluding tert-OH is 2. The van der Waals surface area contributed by atoms with Gasteiger partial charge in [0.1, 0.15) is 66.5 Å². The van der Waals surface area contributed by atoms with E-state index in [4.69, 9.17) is 39.5 Å². The lowest BCUT2D eigenvalue weighted by atomic mass is 9.97. The molecule has 0 bridgehead atoms. The summed E-state index contributed by atoms with van der Waals surface area (Å²) in [6.45, 7) is 15.4. The van der Waals surface area contributed by atoms with Gasteiger partial charge in [-0.1, -0.05) is 61.8 Å². The van der Waals surface area contributed by atoms with Crippen LogP contribution >= 0.6 is 25.3 Å². The Bertz CT molecular complexity index is 2670. The summed E-state index contributed by atoms with van der Waals surface area (Å²) in [5.41, 5.74) is 27.6. The number of guanidine groups is 2. The maximum absolute atomic E-state index is 14.3. The highest BCUT2D eigenvalue weighted by molar-refractivity contribution is 7.80. The van der Waals surface area contributed by atoms with Crippen LogP contribution in [0.5, 0.6) is 0 Å². The van der Waals surface area contributed by atoms with Gasteiger partial charge in [-0.25, -0.2) is 4.79 Å². The van der Waals surface area contributed by atoms with Crippen molar-refractivity contribution in [3.63, 3.8) is 0 Å². The van der Waals surface area contributed by atoms with Gasteiger partial charge in [0.2, 0.25) is 76.8 Å². The van der Waals surface area contributed by atoms with Gasteiger partial charge in [-0.2, -0.15) is 25.3 Å². The number of nitrogens with one attached hydrogen (secondary N) is 15. The van der Waals surface area contributed by atoms with Gasteiger partial charge in [0.05, 0.1) is 31.1 Å². The molecule has 0 aliphatic rings. The number of carbonyl (C=O) groups excluding carboxylic acids is 13. The molecule has 39 heteroatoms. The Morgan fingerprint density at radius 1 is 0.411 bits per heavy atom. The number of carboxylic acids is 1. The Labute approximate surface area is 562 Å². The highest BCUT2D eigenvalue weighted by Gasteiger charge is 2.39. The topological polar surface area (TPSA) is 634 Å². The van der Waals surface area contributed by atoms with E-state index in [-0.39, 0.29) is 57.0 Å². The third-order valence-corrected chi connectivity index (χ3v) is 15.2. The summed E-state index contributed by atoms with van der Waals surface area (Å²) < 4.78 is 0. The smallest absolute Gasteiger partial charge is 0.326 e. The molecule has 0 aromatic heterocycles. The number of rotatable bonds is 45. The van der Waals surface area contributed by atoms with Gasteiger partial charge in [0, 0.05) is 24.6 Å². The molecule has 0 heterocycles. The molecule has 28 N–H and O–H groups in total. The summed E-state index contributed by atoms with van der Waals surface area (Å²) in [5, 5.41) is 77.1. The first-order chi connectivity index (χ1) is 44.1. The van der Waals surface area contributed by atoms with E-state index in [2.05, 4.69) is 89.1 Å². The molecule has 0 aliphatic carbocycles. The lowest BCUT2D eigenvalue weighted by Crippen LogP contribution is -2.62. The second kappa shape index (κ2) is 43.6. The molecule has 0 unspecified atom stereocenters. The molecule has 13 amide bonds. The van der Waals surface area contributed by atoms with Crippen LogP contribution in [0.3, 0.4) is 0 Å². The van der Waals surface area contributed by atoms with Crippen LogP contribution in [0.4, 0.5) is 0 Å². The molecule has 0 saturated heterocycles. The predicted octanol–water partition coefficient (Wildman–Crippen LogP) is -7.97. The van der Waals surface area contributed by atoms with Crippen molar-refractivity contribution >= 4 is 120 Å². The highest BCUT2D eigenvalue weighted by atomic mass is 32.1. The van der Waals surface area contributed by atoms with Gasteiger partial charge in [0.15, 0.2) is 11.9 Å². The molecule has 95 heavy (non-hydrogen) atoms. The van der Waals surface area contributed by atoms with E-state index in [0.29, 0.717) is 6.42 Å². The number of carboxylic acid groups (broad SMARTS) is 1. The second-order valence-electron chi connectivity index (χ2n) is 23.9. The molecule has 0 aromatic carbocycles. The molecule has 0 rings (SSSR count). The summed E-state index contributed by atoms with van der Waals surface area (Å²) in [4.78, 5) is 188. The van der Waals surface area contributed by atoms with Crippen LogP contribution in [0.2, 0.25) is 0 Å². The van der Waals surface area contributed by atoms with Crippen molar-refractivity contribution in [3.05, 3.63) is 0 Å². The van der Waals surface area contributed by atoms with Gasteiger partial charge < -0.3 is 113 Å². The first kappa shape index (κ1) is 86.7.